The van der Waals surface area contributed by atoms with Crippen LogP contribution in [0.25, 0.3) is 5.76 Å². The van der Waals surface area contributed by atoms with Gasteiger partial charge in [0, 0.05) is 12.0 Å². The smallest absolute Gasteiger partial charge is 0.301 e. The number of aliphatic hydroxyl groups excluding tert-OH is 1. The second kappa shape index (κ2) is 8.30. The third kappa shape index (κ3) is 4.01. The molecule has 1 aromatic heterocycles. The minimum atomic E-state index is -0.820. The van der Waals surface area contributed by atoms with Gasteiger partial charge in [-0.15, -0.1) is 10.2 Å². The average Bonchev–Trinajstić information content (AvgIpc) is 3.47. The highest BCUT2D eigenvalue weighted by atomic mass is 32.1. The molecule has 1 N–H and O–H groups in total. The molecule has 1 amide bonds. The van der Waals surface area contributed by atoms with E-state index < -0.39 is 17.7 Å². The lowest BCUT2D eigenvalue weighted by molar-refractivity contribution is -0.132. The maximum absolute atomic E-state index is 13.3. The maximum atomic E-state index is 13.3. The summed E-state index contributed by atoms with van der Waals surface area (Å²) in [4.78, 5) is 27.9. The molecule has 0 saturated carbocycles. The highest BCUT2D eigenvalue weighted by Gasteiger charge is 2.48. The van der Waals surface area contributed by atoms with Gasteiger partial charge in [-0.25, -0.2) is 0 Å². The molecule has 5 rings (SSSR count). The molecule has 2 unspecified atom stereocenters. The summed E-state index contributed by atoms with van der Waals surface area (Å²) in [5.41, 5.74) is 3.26. The van der Waals surface area contributed by atoms with E-state index in [1.54, 1.807) is 19.1 Å². The van der Waals surface area contributed by atoms with Crippen molar-refractivity contribution in [2.24, 2.45) is 0 Å². The molecule has 2 atom stereocenters. The molecule has 0 radical (unpaired) electrons. The Balaban J connectivity index is 1.67. The molecule has 1 fully saturated rings. The topological polar surface area (TPSA) is 92.6 Å². The summed E-state index contributed by atoms with van der Waals surface area (Å²) in [5.74, 6) is -0.913. The largest absolute Gasteiger partial charge is 0.507 e. The van der Waals surface area contributed by atoms with Crippen molar-refractivity contribution >= 4 is 33.9 Å². The molecule has 0 spiro atoms. The number of carbonyl (C=O) groups excluding carboxylic acids is 2. The lowest BCUT2D eigenvalue weighted by Gasteiger charge is -2.24. The molecular weight excluding hydrogens is 462 g/mol. The molecule has 2 aliphatic heterocycles. The van der Waals surface area contributed by atoms with Crippen LogP contribution < -0.4 is 9.64 Å². The second-order valence-electron chi connectivity index (χ2n) is 10.1. The molecule has 3 aromatic rings. The number of aliphatic hydroxyl groups is 1. The number of fused-ring (bicyclic) bond motifs is 1. The summed E-state index contributed by atoms with van der Waals surface area (Å²) in [7, 11) is 0. The van der Waals surface area contributed by atoms with Crippen molar-refractivity contribution in [3.63, 3.8) is 0 Å². The zero-order chi connectivity index (χ0) is 25.1. The monoisotopic (exact) mass is 489 g/mol. The number of nitrogens with zero attached hydrogens (tertiary/aromatic N) is 3. The number of rotatable bonds is 3. The number of carbonyl (C=O) groups is 2. The molecule has 35 heavy (non-hydrogen) atoms. The van der Waals surface area contributed by atoms with E-state index in [2.05, 4.69) is 31.0 Å². The standard InChI is InChI=1S/C27H27N3O4S/c1-14-12-18-13-17(8-11-20(18)34-14)23(31)21-22(16-6-9-19(10-7-16)27(3,4)5)30(25(33)24(21)32)26-29-28-15(2)35-26/h6-11,13-14,22,31H,12H2,1-5H3. The number of ether oxygens (including phenoxy) is 1. The molecule has 7 nitrogen and oxygen atoms in total. The summed E-state index contributed by atoms with van der Waals surface area (Å²) < 4.78 is 5.77. The van der Waals surface area contributed by atoms with Gasteiger partial charge < -0.3 is 9.84 Å². The van der Waals surface area contributed by atoms with Crippen LogP contribution in [0.15, 0.2) is 48.0 Å². The van der Waals surface area contributed by atoms with Gasteiger partial charge in [-0.3, -0.25) is 14.5 Å². The molecule has 2 aromatic carbocycles. The Morgan fingerprint density at radius 3 is 2.46 bits per heavy atom. The highest BCUT2D eigenvalue weighted by molar-refractivity contribution is 7.15. The summed E-state index contributed by atoms with van der Waals surface area (Å²) >= 11 is 1.23. The number of ketones is 1. The molecule has 8 heteroatoms. The molecular formula is C27H27N3O4S. The van der Waals surface area contributed by atoms with Crippen LogP contribution in [0.2, 0.25) is 0 Å². The molecule has 1 saturated heterocycles. The van der Waals surface area contributed by atoms with E-state index in [1.165, 1.54) is 16.2 Å². The number of anilines is 1. The number of hydrogen-bond donors (Lipinski definition) is 1. The fourth-order valence-corrected chi connectivity index (χ4v) is 5.33. The Kier molecular flexibility index (Phi) is 5.51. The van der Waals surface area contributed by atoms with Gasteiger partial charge in [-0.1, -0.05) is 56.4 Å². The van der Waals surface area contributed by atoms with Gasteiger partial charge in [-0.05, 0) is 54.2 Å². The molecule has 3 heterocycles. The first-order chi connectivity index (χ1) is 16.5. The van der Waals surface area contributed by atoms with E-state index in [0.29, 0.717) is 27.7 Å². The van der Waals surface area contributed by atoms with Gasteiger partial charge in [0.2, 0.25) is 5.13 Å². The van der Waals surface area contributed by atoms with E-state index >= 15 is 0 Å². The van der Waals surface area contributed by atoms with Crippen LogP contribution >= 0.6 is 11.3 Å². The van der Waals surface area contributed by atoms with Crippen molar-refractivity contribution < 1.29 is 19.4 Å². The van der Waals surface area contributed by atoms with Gasteiger partial charge in [0.05, 0.1) is 11.6 Å². The highest BCUT2D eigenvalue weighted by Crippen LogP contribution is 2.44. The van der Waals surface area contributed by atoms with E-state index in [-0.39, 0.29) is 22.9 Å². The second-order valence-corrected chi connectivity index (χ2v) is 11.3. The van der Waals surface area contributed by atoms with Crippen molar-refractivity contribution in [1.82, 2.24) is 10.2 Å². The van der Waals surface area contributed by atoms with Crippen LogP contribution in [0.3, 0.4) is 0 Å². The third-order valence-corrected chi connectivity index (χ3v) is 7.27. The number of hydrogen-bond acceptors (Lipinski definition) is 7. The third-order valence-electron chi connectivity index (χ3n) is 6.43. The van der Waals surface area contributed by atoms with Crippen LogP contribution in [0.1, 0.15) is 61.0 Å². The first-order valence-electron chi connectivity index (χ1n) is 11.6. The number of Topliss-reactive ketones (excluding diaryl/α,β-unsaturated/α-hetero) is 1. The van der Waals surface area contributed by atoms with Crippen LogP contribution in [-0.2, 0) is 21.4 Å². The van der Waals surface area contributed by atoms with Gasteiger partial charge in [0.1, 0.15) is 22.6 Å². The van der Waals surface area contributed by atoms with Gasteiger partial charge in [-0.2, -0.15) is 0 Å². The number of aromatic nitrogens is 2. The van der Waals surface area contributed by atoms with Crippen LogP contribution in [-0.4, -0.2) is 33.1 Å². The Morgan fingerprint density at radius 1 is 1.11 bits per heavy atom. The zero-order valence-electron chi connectivity index (χ0n) is 20.3. The lowest BCUT2D eigenvalue weighted by Crippen LogP contribution is -2.29. The minimum absolute atomic E-state index is 0.0401. The van der Waals surface area contributed by atoms with Gasteiger partial charge >= 0.3 is 5.91 Å². The Hall–Kier alpha value is -3.52. The summed E-state index contributed by atoms with van der Waals surface area (Å²) in [6.45, 7) is 10.1. The van der Waals surface area contributed by atoms with Crippen molar-refractivity contribution in [3.8, 4) is 5.75 Å². The van der Waals surface area contributed by atoms with Crippen molar-refractivity contribution in [2.45, 2.75) is 58.6 Å². The Bertz CT molecular complexity index is 1370. The predicted molar refractivity (Wildman–Crippen MR) is 135 cm³/mol. The SMILES string of the molecule is Cc1nnc(N2C(=O)C(=O)C(=C(O)c3ccc4c(c3)CC(C)O4)C2c2ccc(C(C)(C)C)cc2)s1. The van der Waals surface area contributed by atoms with Crippen molar-refractivity contribution in [1.29, 1.82) is 0 Å². The van der Waals surface area contributed by atoms with Crippen LogP contribution in [0.4, 0.5) is 5.13 Å². The minimum Gasteiger partial charge on any atom is -0.507 e. The predicted octanol–water partition coefficient (Wildman–Crippen LogP) is 5.09. The van der Waals surface area contributed by atoms with E-state index in [9.17, 15) is 14.7 Å². The Morgan fingerprint density at radius 2 is 1.83 bits per heavy atom. The summed E-state index contributed by atoms with van der Waals surface area (Å²) in [6.07, 6.45) is 0.766. The summed E-state index contributed by atoms with van der Waals surface area (Å²) in [5, 5.41) is 20.6. The van der Waals surface area contributed by atoms with Crippen molar-refractivity contribution in [3.05, 3.63) is 75.3 Å². The van der Waals surface area contributed by atoms with E-state index in [4.69, 9.17) is 4.74 Å². The molecule has 180 valence electrons. The first kappa shape index (κ1) is 23.2. The Labute approximate surface area is 208 Å². The summed E-state index contributed by atoms with van der Waals surface area (Å²) in [6, 6.07) is 12.3. The lowest BCUT2D eigenvalue weighted by atomic mass is 9.85. The zero-order valence-corrected chi connectivity index (χ0v) is 21.1. The first-order valence-corrected chi connectivity index (χ1v) is 12.4. The quantitative estimate of drug-likeness (QED) is 0.313. The maximum Gasteiger partial charge on any atom is 0.301 e. The van der Waals surface area contributed by atoms with Crippen LogP contribution in [0.5, 0.6) is 5.75 Å². The number of benzene rings is 2. The van der Waals surface area contributed by atoms with Crippen molar-refractivity contribution in [2.75, 3.05) is 4.90 Å². The van der Waals surface area contributed by atoms with Gasteiger partial charge in [0.25, 0.3) is 5.78 Å². The van der Waals surface area contributed by atoms with Crippen LogP contribution in [0, 0.1) is 6.92 Å². The molecule has 2 aliphatic rings. The molecule has 0 bridgehead atoms. The average molecular weight is 490 g/mol. The fraction of sp³-hybridized carbons (Fsp3) is 0.333. The van der Waals surface area contributed by atoms with E-state index in [1.807, 2.05) is 37.3 Å². The number of amides is 1. The number of aryl methyl sites for hydroxylation is 1. The fourth-order valence-electron chi connectivity index (χ4n) is 4.62. The normalized spacial score (nSPS) is 21.3. The molecule has 0 aliphatic carbocycles. The van der Waals surface area contributed by atoms with Gasteiger partial charge in [0.15, 0.2) is 0 Å². The van der Waals surface area contributed by atoms with E-state index in [0.717, 1.165) is 16.9 Å².